The summed E-state index contributed by atoms with van der Waals surface area (Å²) in [6.07, 6.45) is 8.86. The van der Waals surface area contributed by atoms with E-state index in [2.05, 4.69) is 51.6 Å². The van der Waals surface area contributed by atoms with Crippen LogP contribution < -0.4 is 0 Å². The number of benzene rings is 1. The maximum Gasteiger partial charge on any atom is 0.176 e. The maximum atomic E-state index is 4.51. The van der Waals surface area contributed by atoms with Crippen LogP contribution in [0.25, 0.3) is 5.69 Å². The van der Waals surface area contributed by atoms with E-state index in [1.54, 1.807) is 0 Å². The third-order valence-electron chi connectivity index (χ3n) is 5.52. The zero-order valence-corrected chi connectivity index (χ0v) is 13.9. The van der Waals surface area contributed by atoms with Crippen molar-refractivity contribution in [1.29, 1.82) is 0 Å². The van der Waals surface area contributed by atoms with Gasteiger partial charge in [-0.05, 0) is 73.8 Å². The third-order valence-corrected chi connectivity index (χ3v) is 5.52. The molecule has 2 aromatic rings. The molecule has 2 fully saturated rings. The number of nitrogens with zero attached hydrogens (tertiary/aromatic N) is 5. The van der Waals surface area contributed by atoms with Gasteiger partial charge in [0.1, 0.15) is 0 Å². The van der Waals surface area contributed by atoms with Crippen molar-refractivity contribution in [2.75, 3.05) is 13.1 Å². The molecular weight excluding hydrogens is 286 g/mol. The minimum atomic E-state index is 0.0354. The van der Waals surface area contributed by atoms with Crippen LogP contribution in [0.15, 0.2) is 24.3 Å². The van der Waals surface area contributed by atoms with E-state index in [0.29, 0.717) is 0 Å². The van der Waals surface area contributed by atoms with Gasteiger partial charge in [-0.1, -0.05) is 31.4 Å². The van der Waals surface area contributed by atoms with E-state index in [1.165, 1.54) is 63.6 Å². The maximum absolute atomic E-state index is 4.51. The van der Waals surface area contributed by atoms with Crippen LogP contribution >= 0.6 is 0 Å². The second-order valence-electron chi connectivity index (χ2n) is 7.04. The number of aryl methyl sites for hydroxylation is 1. The average molecular weight is 311 g/mol. The van der Waals surface area contributed by atoms with Crippen molar-refractivity contribution < 1.29 is 0 Å². The Kier molecular flexibility index (Phi) is 3.89. The minimum Gasteiger partial charge on any atom is -0.291 e. The molecular formula is C18H25N5. The van der Waals surface area contributed by atoms with E-state index in [1.807, 2.05) is 4.68 Å². The molecule has 0 spiro atoms. The highest BCUT2D eigenvalue weighted by Gasteiger charge is 2.45. The molecule has 1 aromatic heterocycles. The fourth-order valence-corrected chi connectivity index (χ4v) is 4.37. The highest BCUT2D eigenvalue weighted by Crippen LogP contribution is 2.44. The lowest BCUT2D eigenvalue weighted by Gasteiger charge is -2.42. The van der Waals surface area contributed by atoms with E-state index < -0.39 is 0 Å². The Morgan fingerprint density at radius 1 is 1.00 bits per heavy atom. The summed E-state index contributed by atoms with van der Waals surface area (Å²) in [7, 11) is 0. The topological polar surface area (TPSA) is 46.8 Å². The predicted octanol–water partition coefficient (Wildman–Crippen LogP) is 3.23. The van der Waals surface area contributed by atoms with Crippen molar-refractivity contribution in [2.45, 2.75) is 57.4 Å². The molecule has 0 atom stereocenters. The Morgan fingerprint density at radius 2 is 1.78 bits per heavy atom. The molecule has 0 radical (unpaired) electrons. The molecule has 2 aliphatic rings. The quantitative estimate of drug-likeness (QED) is 0.873. The molecule has 1 aliphatic heterocycles. The van der Waals surface area contributed by atoms with Crippen molar-refractivity contribution in [3.8, 4) is 5.69 Å². The van der Waals surface area contributed by atoms with E-state index in [9.17, 15) is 0 Å². The van der Waals surface area contributed by atoms with Crippen LogP contribution in [0, 0.1) is 6.92 Å². The van der Waals surface area contributed by atoms with E-state index in [4.69, 9.17) is 0 Å². The molecule has 4 rings (SSSR count). The van der Waals surface area contributed by atoms with Crippen LogP contribution in [0.5, 0.6) is 0 Å². The van der Waals surface area contributed by atoms with Crippen LogP contribution in [-0.2, 0) is 5.54 Å². The summed E-state index contributed by atoms with van der Waals surface area (Å²) < 4.78 is 1.98. The first kappa shape index (κ1) is 14.8. The molecule has 1 aliphatic carbocycles. The van der Waals surface area contributed by atoms with Gasteiger partial charge in [0.05, 0.1) is 11.2 Å². The van der Waals surface area contributed by atoms with Gasteiger partial charge in [0.2, 0.25) is 0 Å². The lowest BCUT2D eigenvalue weighted by atomic mass is 9.91. The average Bonchev–Trinajstić information content (AvgIpc) is 3.26. The molecule has 0 N–H and O–H groups in total. The van der Waals surface area contributed by atoms with Crippen LogP contribution in [-0.4, -0.2) is 38.2 Å². The van der Waals surface area contributed by atoms with Crippen molar-refractivity contribution >= 4 is 0 Å². The normalized spacial score (nSPS) is 21.6. The van der Waals surface area contributed by atoms with E-state index in [-0.39, 0.29) is 5.54 Å². The standard InChI is InChI=1S/C18H25N5/c1-15-8-7-9-16(14-15)23-17(19-20-21-23)18(10-3-4-11-18)22-12-5-2-6-13-22/h7-9,14H,2-6,10-13H2,1H3. The van der Waals surface area contributed by atoms with Crippen LogP contribution in [0.2, 0.25) is 0 Å². The Balaban J connectivity index is 1.77. The SMILES string of the molecule is Cc1cccc(-n2nnnc2C2(N3CCCCC3)CCCC2)c1. The second-order valence-corrected chi connectivity index (χ2v) is 7.04. The van der Waals surface area contributed by atoms with Gasteiger partial charge in [0, 0.05) is 0 Å². The number of rotatable bonds is 3. The number of piperidine rings is 1. The Bertz CT molecular complexity index is 666. The lowest BCUT2D eigenvalue weighted by Crippen LogP contribution is -2.48. The first-order valence-electron chi connectivity index (χ1n) is 8.91. The summed E-state index contributed by atoms with van der Waals surface area (Å²) in [5, 5.41) is 12.9. The molecule has 2 heterocycles. The van der Waals surface area contributed by atoms with Gasteiger partial charge < -0.3 is 0 Å². The van der Waals surface area contributed by atoms with Crippen LogP contribution in [0.1, 0.15) is 56.3 Å². The zero-order valence-electron chi connectivity index (χ0n) is 13.9. The van der Waals surface area contributed by atoms with Crippen molar-refractivity contribution in [3.05, 3.63) is 35.7 Å². The number of hydrogen-bond acceptors (Lipinski definition) is 4. The Hall–Kier alpha value is -1.75. The first-order chi connectivity index (χ1) is 11.3. The molecule has 5 heteroatoms. The van der Waals surface area contributed by atoms with E-state index in [0.717, 1.165) is 11.5 Å². The predicted molar refractivity (Wildman–Crippen MR) is 89.5 cm³/mol. The summed E-state index contributed by atoms with van der Waals surface area (Å²) >= 11 is 0. The largest absolute Gasteiger partial charge is 0.291 e. The smallest absolute Gasteiger partial charge is 0.176 e. The fourth-order valence-electron chi connectivity index (χ4n) is 4.37. The highest BCUT2D eigenvalue weighted by molar-refractivity contribution is 5.36. The van der Waals surface area contributed by atoms with Crippen molar-refractivity contribution in [1.82, 2.24) is 25.1 Å². The van der Waals surface area contributed by atoms with E-state index >= 15 is 0 Å². The minimum absolute atomic E-state index is 0.0354. The number of likely N-dealkylation sites (tertiary alicyclic amines) is 1. The molecule has 122 valence electrons. The number of tetrazole rings is 1. The Morgan fingerprint density at radius 3 is 2.52 bits per heavy atom. The van der Waals surface area contributed by atoms with Gasteiger partial charge >= 0.3 is 0 Å². The van der Waals surface area contributed by atoms with Gasteiger partial charge in [-0.3, -0.25) is 4.90 Å². The van der Waals surface area contributed by atoms with Crippen LogP contribution in [0.4, 0.5) is 0 Å². The fraction of sp³-hybridized carbons (Fsp3) is 0.611. The second kappa shape index (κ2) is 6.04. The monoisotopic (exact) mass is 311 g/mol. The lowest BCUT2D eigenvalue weighted by molar-refractivity contribution is 0.0589. The van der Waals surface area contributed by atoms with Gasteiger partial charge in [0.25, 0.3) is 0 Å². The van der Waals surface area contributed by atoms with Crippen molar-refractivity contribution in [3.63, 3.8) is 0 Å². The summed E-state index contributed by atoms with van der Waals surface area (Å²) in [6, 6.07) is 8.46. The molecule has 1 saturated carbocycles. The summed E-state index contributed by atoms with van der Waals surface area (Å²) in [5.74, 6) is 1.04. The van der Waals surface area contributed by atoms with Gasteiger partial charge in [-0.25, -0.2) is 0 Å². The Labute approximate surface area is 137 Å². The first-order valence-corrected chi connectivity index (χ1v) is 8.91. The molecule has 23 heavy (non-hydrogen) atoms. The molecule has 5 nitrogen and oxygen atoms in total. The number of hydrogen-bond donors (Lipinski definition) is 0. The molecule has 1 aromatic carbocycles. The van der Waals surface area contributed by atoms with Gasteiger partial charge in [-0.2, -0.15) is 4.68 Å². The van der Waals surface area contributed by atoms with Crippen molar-refractivity contribution in [2.24, 2.45) is 0 Å². The number of aromatic nitrogens is 4. The van der Waals surface area contributed by atoms with Gasteiger partial charge in [0.15, 0.2) is 5.82 Å². The molecule has 0 amide bonds. The summed E-state index contributed by atoms with van der Waals surface area (Å²) in [6.45, 7) is 4.48. The van der Waals surface area contributed by atoms with Crippen LogP contribution in [0.3, 0.4) is 0 Å². The molecule has 0 unspecified atom stereocenters. The summed E-state index contributed by atoms with van der Waals surface area (Å²) in [5.41, 5.74) is 2.35. The van der Waals surface area contributed by atoms with Gasteiger partial charge in [-0.15, -0.1) is 5.10 Å². The zero-order chi connectivity index (χ0) is 15.7. The third kappa shape index (κ3) is 2.57. The molecule has 0 bridgehead atoms. The highest BCUT2D eigenvalue weighted by atomic mass is 15.6. The molecule has 1 saturated heterocycles. The summed E-state index contributed by atoms with van der Waals surface area (Å²) in [4.78, 5) is 2.67.